The highest BCUT2D eigenvalue weighted by Crippen LogP contribution is 2.35. The molecule has 5 heteroatoms. The van der Waals surface area contributed by atoms with Gasteiger partial charge in [-0.2, -0.15) is 0 Å². The van der Waals surface area contributed by atoms with Crippen LogP contribution in [0.25, 0.3) is 10.8 Å². The van der Waals surface area contributed by atoms with Crippen LogP contribution in [0.4, 0.5) is 0 Å². The van der Waals surface area contributed by atoms with Gasteiger partial charge in [0.1, 0.15) is 11.5 Å². The van der Waals surface area contributed by atoms with Gasteiger partial charge in [-0.1, -0.05) is 18.2 Å². The lowest BCUT2D eigenvalue weighted by Crippen LogP contribution is -2.18. The third-order valence-electron chi connectivity index (χ3n) is 4.96. The van der Waals surface area contributed by atoms with Crippen molar-refractivity contribution in [3.63, 3.8) is 0 Å². The van der Waals surface area contributed by atoms with Crippen molar-refractivity contribution >= 4 is 10.8 Å². The summed E-state index contributed by atoms with van der Waals surface area (Å²) >= 11 is 0. The zero-order valence-corrected chi connectivity index (χ0v) is 17.0. The molecule has 3 rings (SSSR count). The Hall–Kier alpha value is -2.92. The van der Waals surface area contributed by atoms with E-state index >= 15 is 0 Å². The lowest BCUT2D eigenvalue weighted by molar-refractivity contribution is 0.346. The van der Waals surface area contributed by atoms with Gasteiger partial charge >= 0.3 is 0 Å². The van der Waals surface area contributed by atoms with Crippen LogP contribution in [0.3, 0.4) is 0 Å². The molecule has 1 unspecified atom stereocenters. The highest BCUT2D eigenvalue weighted by molar-refractivity contribution is 5.84. The average molecular weight is 381 g/mol. The van der Waals surface area contributed by atoms with E-state index < -0.39 is 0 Å². The van der Waals surface area contributed by atoms with E-state index in [0.29, 0.717) is 18.0 Å². The molecule has 3 aromatic rings. The van der Waals surface area contributed by atoms with Gasteiger partial charge in [-0.05, 0) is 47.5 Å². The molecule has 3 aromatic carbocycles. The van der Waals surface area contributed by atoms with Crippen molar-refractivity contribution in [1.82, 2.24) is 5.32 Å². The molecule has 1 atom stereocenters. The van der Waals surface area contributed by atoms with Crippen molar-refractivity contribution in [3.8, 4) is 23.0 Å². The second kappa shape index (κ2) is 8.85. The Morgan fingerprint density at radius 1 is 0.714 bits per heavy atom. The summed E-state index contributed by atoms with van der Waals surface area (Å²) in [7, 11) is 6.59. The third kappa shape index (κ3) is 4.15. The number of benzene rings is 3. The van der Waals surface area contributed by atoms with Gasteiger partial charge in [0.15, 0.2) is 11.5 Å². The minimum Gasteiger partial charge on any atom is -0.497 e. The van der Waals surface area contributed by atoms with Gasteiger partial charge in [0.25, 0.3) is 0 Å². The Morgan fingerprint density at radius 3 is 2.04 bits per heavy atom. The molecule has 0 spiro atoms. The topological polar surface area (TPSA) is 49.0 Å². The fraction of sp³-hybridized carbons (Fsp3) is 0.304. The normalized spacial score (nSPS) is 11.9. The summed E-state index contributed by atoms with van der Waals surface area (Å²) in [6.07, 6.45) is 0. The van der Waals surface area contributed by atoms with E-state index in [2.05, 4.69) is 36.5 Å². The predicted molar refractivity (Wildman–Crippen MR) is 112 cm³/mol. The molecular formula is C23H27NO4. The summed E-state index contributed by atoms with van der Waals surface area (Å²) in [4.78, 5) is 0. The maximum Gasteiger partial charge on any atom is 0.164 e. The second-order valence-electron chi connectivity index (χ2n) is 6.59. The lowest BCUT2D eigenvalue weighted by Gasteiger charge is -2.18. The van der Waals surface area contributed by atoms with Crippen LogP contribution in [0.1, 0.15) is 24.1 Å². The number of rotatable bonds is 8. The molecule has 0 saturated heterocycles. The Kier molecular flexibility index (Phi) is 6.26. The Labute approximate surface area is 166 Å². The van der Waals surface area contributed by atoms with Crippen molar-refractivity contribution in [3.05, 3.63) is 59.7 Å². The summed E-state index contributed by atoms with van der Waals surface area (Å²) in [6.45, 7) is 2.79. The maximum atomic E-state index is 5.52. The van der Waals surface area contributed by atoms with Crippen LogP contribution >= 0.6 is 0 Å². The van der Waals surface area contributed by atoms with E-state index in [1.807, 2.05) is 24.3 Å². The fourth-order valence-electron chi connectivity index (χ4n) is 3.25. The minimum atomic E-state index is 0.171. The van der Waals surface area contributed by atoms with Gasteiger partial charge in [0, 0.05) is 24.2 Å². The minimum absolute atomic E-state index is 0.171. The zero-order valence-electron chi connectivity index (χ0n) is 17.0. The quantitative estimate of drug-likeness (QED) is 0.612. The number of ether oxygens (including phenoxy) is 4. The van der Waals surface area contributed by atoms with E-state index in [0.717, 1.165) is 22.4 Å². The Morgan fingerprint density at radius 2 is 1.36 bits per heavy atom. The van der Waals surface area contributed by atoms with Crippen LogP contribution in [-0.2, 0) is 6.54 Å². The summed E-state index contributed by atoms with van der Waals surface area (Å²) in [5.74, 6) is 2.98. The maximum absolute atomic E-state index is 5.52. The van der Waals surface area contributed by atoms with Crippen LogP contribution in [0, 0.1) is 0 Å². The molecule has 28 heavy (non-hydrogen) atoms. The Bertz CT molecular complexity index is 955. The van der Waals surface area contributed by atoms with Crippen LogP contribution < -0.4 is 24.3 Å². The first kappa shape index (κ1) is 19.8. The van der Waals surface area contributed by atoms with E-state index in [-0.39, 0.29) is 6.04 Å². The van der Waals surface area contributed by atoms with Gasteiger partial charge in [0.05, 0.1) is 28.4 Å². The van der Waals surface area contributed by atoms with Crippen molar-refractivity contribution in [2.75, 3.05) is 28.4 Å². The van der Waals surface area contributed by atoms with Gasteiger partial charge in [0.2, 0.25) is 0 Å². The van der Waals surface area contributed by atoms with E-state index in [4.69, 9.17) is 18.9 Å². The third-order valence-corrected chi connectivity index (χ3v) is 4.96. The second-order valence-corrected chi connectivity index (χ2v) is 6.59. The molecule has 0 radical (unpaired) electrons. The molecule has 0 saturated carbocycles. The first-order valence-corrected chi connectivity index (χ1v) is 9.19. The summed E-state index contributed by atoms with van der Waals surface area (Å²) < 4.78 is 21.6. The van der Waals surface area contributed by atoms with Crippen LogP contribution in [0.2, 0.25) is 0 Å². The highest BCUT2D eigenvalue weighted by Gasteiger charge is 2.13. The SMILES string of the molecule is COc1ccc2cc(C(C)NCc3cc(OC)c(OC)cc3OC)ccc2c1. The molecule has 1 N–H and O–H groups in total. The molecule has 0 amide bonds. The molecule has 0 aliphatic rings. The average Bonchev–Trinajstić information content (AvgIpc) is 2.75. The van der Waals surface area contributed by atoms with Crippen molar-refractivity contribution in [2.45, 2.75) is 19.5 Å². The molecule has 0 heterocycles. The molecule has 0 aromatic heterocycles. The first-order chi connectivity index (χ1) is 13.6. The largest absolute Gasteiger partial charge is 0.497 e. The molecule has 0 bridgehead atoms. The fourth-order valence-corrected chi connectivity index (χ4v) is 3.25. The number of methoxy groups -OCH3 is 4. The van der Waals surface area contributed by atoms with Crippen LogP contribution in [0.15, 0.2) is 48.5 Å². The zero-order chi connectivity index (χ0) is 20.1. The smallest absolute Gasteiger partial charge is 0.164 e. The Balaban J connectivity index is 1.78. The van der Waals surface area contributed by atoms with E-state index in [9.17, 15) is 0 Å². The molecule has 0 aliphatic heterocycles. The van der Waals surface area contributed by atoms with Gasteiger partial charge in [-0.3, -0.25) is 0 Å². The molecule has 0 fully saturated rings. The van der Waals surface area contributed by atoms with Crippen LogP contribution in [-0.4, -0.2) is 28.4 Å². The summed E-state index contributed by atoms with van der Waals surface area (Å²) in [6, 6.07) is 16.6. The van der Waals surface area contributed by atoms with E-state index in [1.165, 1.54) is 10.9 Å². The van der Waals surface area contributed by atoms with E-state index in [1.54, 1.807) is 28.4 Å². The standard InChI is InChI=1S/C23H27NO4/c1-15(16-6-7-18-11-20(25-2)9-8-17(18)10-16)24-14-19-12-22(27-4)23(28-5)13-21(19)26-3/h6-13,15,24H,14H2,1-5H3. The lowest BCUT2D eigenvalue weighted by atomic mass is 10.0. The number of hydrogen-bond acceptors (Lipinski definition) is 5. The number of hydrogen-bond donors (Lipinski definition) is 1. The predicted octanol–water partition coefficient (Wildman–Crippen LogP) is 4.73. The molecule has 148 valence electrons. The molecular weight excluding hydrogens is 354 g/mol. The van der Waals surface area contributed by atoms with Gasteiger partial charge in [-0.15, -0.1) is 0 Å². The highest BCUT2D eigenvalue weighted by atomic mass is 16.5. The van der Waals surface area contributed by atoms with Crippen molar-refractivity contribution in [1.29, 1.82) is 0 Å². The number of fused-ring (bicyclic) bond motifs is 1. The molecule has 5 nitrogen and oxygen atoms in total. The van der Waals surface area contributed by atoms with Crippen molar-refractivity contribution in [2.24, 2.45) is 0 Å². The monoisotopic (exact) mass is 381 g/mol. The van der Waals surface area contributed by atoms with Crippen LogP contribution in [0.5, 0.6) is 23.0 Å². The van der Waals surface area contributed by atoms with Crippen molar-refractivity contribution < 1.29 is 18.9 Å². The van der Waals surface area contributed by atoms with Gasteiger partial charge < -0.3 is 24.3 Å². The summed E-state index contributed by atoms with van der Waals surface area (Å²) in [5.41, 5.74) is 2.23. The van der Waals surface area contributed by atoms with Gasteiger partial charge in [-0.25, -0.2) is 0 Å². The molecule has 0 aliphatic carbocycles. The summed E-state index contributed by atoms with van der Waals surface area (Å²) in [5, 5.41) is 5.92. The first-order valence-electron chi connectivity index (χ1n) is 9.19. The number of nitrogens with one attached hydrogen (secondary N) is 1.